The van der Waals surface area contributed by atoms with Crippen molar-refractivity contribution in [1.82, 2.24) is 25.1 Å². The molecule has 8 heteroatoms. The van der Waals surface area contributed by atoms with Gasteiger partial charge >= 0.3 is 5.97 Å². The van der Waals surface area contributed by atoms with Gasteiger partial charge in [-0.3, -0.25) is 4.79 Å². The largest absolute Gasteiger partial charge is 0.467 e. The Morgan fingerprint density at radius 1 is 1.10 bits per heavy atom. The Bertz CT molecular complexity index is 1090. The van der Waals surface area contributed by atoms with Crippen LogP contribution in [-0.4, -0.2) is 50.1 Å². The van der Waals surface area contributed by atoms with Crippen LogP contribution in [-0.2, 0) is 33.8 Å². The molecule has 1 aliphatic rings. The Labute approximate surface area is 180 Å². The zero-order valence-corrected chi connectivity index (χ0v) is 17.9. The van der Waals surface area contributed by atoms with Gasteiger partial charge < -0.3 is 9.64 Å². The first-order valence-corrected chi connectivity index (χ1v) is 10.3. The molecule has 2 heterocycles. The summed E-state index contributed by atoms with van der Waals surface area (Å²) in [4.78, 5) is 28.2. The third kappa shape index (κ3) is 4.33. The molecule has 0 saturated heterocycles. The molecule has 0 bridgehead atoms. The van der Waals surface area contributed by atoms with Gasteiger partial charge in [-0.1, -0.05) is 62.4 Å². The van der Waals surface area contributed by atoms with E-state index in [1.807, 2.05) is 48.5 Å². The number of nitrogens with zero attached hydrogens (tertiary/aromatic N) is 5. The summed E-state index contributed by atoms with van der Waals surface area (Å²) in [6.45, 7) is 4.51. The minimum absolute atomic E-state index is 0.104. The SMILES string of the molecule is COC(=O)[C@H]1Cc2ccccc2CN1C(=O)Cn1nnc(-c2ccc(C(C)C)cc2)n1. The smallest absolute Gasteiger partial charge is 0.328 e. The number of carbonyl (C=O) groups is 2. The number of carbonyl (C=O) groups excluding carboxylic acids is 2. The molecular formula is C23H25N5O3. The molecule has 8 nitrogen and oxygen atoms in total. The van der Waals surface area contributed by atoms with E-state index in [0.717, 1.165) is 16.7 Å². The molecule has 2 aromatic carbocycles. The number of ether oxygens (including phenoxy) is 1. The highest BCUT2D eigenvalue weighted by atomic mass is 16.5. The second-order valence-corrected chi connectivity index (χ2v) is 7.95. The van der Waals surface area contributed by atoms with Crippen molar-refractivity contribution in [2.24, 2.45) is 0 Å². The molecule has 160 valence electrons. The Hall–Kier alpha value is -3.55. The molecule has 0 radical (unpaired) electrons. The van der Waals surface area contributed by atoms with E-state index in [-0.39, 0.29) is 12.5 Å². The van der Waals surface area contributed by atoms with Crippen molar-refractivity contribution in [1.29, 1.82) is 0 Å². The fraction of sp³-hybridized carbons (Fsp3) is 0.348. The average molecular weight is 419 g/mol. The molecule has 0 fully saturated rings. The lowest BCUT2D eigenvalue weighted by Crippen LogP contribution is -2.50. The van der Waals surface area contributed by atoms with Gasteiger partial charge in [0.05, 0.1) is 7.11 Å². The molecular weight excluding hydrogens is 394 g/mol. The normalized spacial score (nSPS) is 15.6. The zero-order valence-electron chi connectivity index (χ0n) is 17.9. The molecule has 1 aliphatic heterocycles. The van der Waals surface area contributed by atoms with Crippen molar-refractivity contribution < 1.29 is 14.3 Å². The number of benzene rings is 2. The van der Waals surface area contributed by atoms with E-state index >= 15 is 0 Å². The number of esters is 1. The van der Waals surface area contributed by atoms with Gasteiger partial charge in [0.25, 0.3) is 0 Å². The van der Waals surface area contributed by atoms with Crippen molar-refractivity contribution in [3.63, 3.8) is 0 Å². The highest BCUT2D eigenvalue weighted by Gasteiger charge is 2.35. The summed E-state index contributed by atoms with van der Waals surface area (Å²) in [5, 5.41) is 12.5. The fourth-order valence-corrected chi connectivity index (χ4v) is 3.79. The Morgan fingerprint density at radius 3 is 2.48 bits per heavy atom. The van der Waals surface area contributed by atoms with Gasteiger partial charge in [0.2, 0.25) is 11.7 Å². The van der Waals surface area contributed by atoms with Gasteiger partial charge in [-0.2, -0.15) is 4.80 Å². The molecule has 0 aliphatic carbocycles. The standard InChI is InChI=1S/C23H25N5O3/c1-15(2)16-8-10-17(11-9-16)22-24-26-28(25-22)14-21(29)27-13-19-7-5-4-6-18(19)12-20(27)23(30)31-3/h4-11,15,20H,12-14H2,1-3H3/t20-/m1/s1. The van der Waals surface area contributed by atoms with E-state index in [4.69, 9.17) is 4.74 Å². The predicted molar refractivity (Wildman–Crippen MR) is 114 cm³/mol. The van der Waals surface area contributed by atoms with Gasteiger partial charge in [-0.15, -0.1) is 10.2 Å². The molecule has 3 aromatic rings. The second-order valence-electron chi connectivity index (χ2n) is 7.95. The van der Waals surface area contributed by atoms with Crippen LogP contribution in [0.1, 0.15) is 36.5 Å². The lowest BCUT2D eigenvalue weighted by atomic mass is 9.94. The van der Waals surface area contributed by atoms with Gasteiger partial charge in [0, 0.05) is 18.5 Å². The minimum Gasteiger partial charge on any atom is -0.467 e. The van der Waals surface area contributed by atoms with Crippen molar-refractivity contribution in [3.05, 3.63) is 65.2 Å². The van der Waals surface area contributed by atoms with Gasteiger partial charge in [-0.25, -0.2) is 4.79 Å². The van der Waals surface area contributed by atoms with Crippen molar-refractivity contribution in [2.75, 3.05) is 7.11 Å². The number of hydrogen-bond donors (Lipinski definition) is 0. The first kappa shape index (κ1) is 20.7. The molecule has 1 amide bonds. The summed E-state index contributed by atoms with van der Waals surface area (Å²) in [5.41, 5.74) is 4.13. The Morgan fingerprint density at radius 2 is 1.81 bits per heavy atom. The minimum atomic E-state index is -0.668. The predicted octanol–water partition coefficient (Wildman–Crippen LogP) is 2.59. The molecule has 31 heavy (non-hydrogen) atoms. The molecule has 4 rings (SSSR count). The van der Waals surface area contributed by atoms with Crippen LogP contribution in [0.4, 0.5) is 0 Å². The number of fused-ring (bicyclic) bond motifs is 1. The highest BCUT2D eigenvalue weighted by molar-refractivity contribution is 5.85. The monoisotopic (exact) mass is 419 g/mol. The highest BCUT2D eigenvalue weighted by Crippen LogP contribution is 2.24. The van der Waals surface area contributed by atoms with Crippen molar-refractivity contribution in [3.8, 4) is 11.4 Å². The van der Waals surface area contributed by atoms with E-state index < -0.39 is 12.0 Å². The molecule has 0 saturated carbocycles. The second kappa shape index (κ2) is 8.67. The lowest BCUT2D eigenvalue weighted by Gasteiger charge is -2.35. The van der Waals surface area contributed by atoms with Crippen molar-refractivity contribution in [2.45, 2.75) is 45.3 Å². The summed E-state index contributed by atoms with van der Waals surface area (Å²) in [5.74, 6) is 0.202. The summed E-state index contributed by atoms with van der Waals surface area (Å²) in [6.07, 6.45) is 0.423. The van der Waals surface area contributed by atoms with Gasteiger partial charge in [0.15, 0.2) is 0 Å². The number of methoxy groups -OCH3 is 1. The third-order valence-electron chi connectivity index (χ3n) is 5.61. The summed E-state index contributed by atoms with van der Waals surface area (Å²) >= 11 is 0. The van der Waals surface area contributed by atoms with Gasteiger partial charge in [-0.05, 0) is 27.8 Å². The van der Waals surface area contributed by atoms with Crippen LogP contribution >= 0.6 is 0 Å². The van der Waals surface area contributed by atoms with Gasteiger partial charge in [0.1, 0.15) is 12.6 Å². The fourth-order valence-electron chi connectivity index (χ4n) is 3.79. The number of aromatic nitrogens is 4. The van der Waals surface area contributed by atoms with Crippen LogP contribution < -0.4 is 0 Å². The number of tetrazole rings is 1. The maximum absolute atomic E-state index is 13.1. The maximum Gasteiger partial charge on any atom is 0.328 e. The summed E-state index contributed by atoms with van der Waals surface area (Å²) in [6, 6.07) is 15.1. The van der Waals surface area contributed by atoms with E-state index in [9.17, 15) is 9.59 Å². The topological polar surface area (TPSA) is 90.2 Å². The molecule has 1 atom stereocenters. The molecule has 0 spiro atoms. The number of hydrogen-bond acceptors (Lipinski definition) is 6. The van der Waals surface area contributed by atoms with Crippen LogP contribution in [0.25, 0.3) is 11.4 Å². The molecule has 1 aromatic heterocycles. The number of rotatable bonds is 5. The van der Waals surface area contributed by atoms with Crippen LogP contribution in [0.5, 0.6) is 0 Å². The van der Waals surface area contributed by atoms with E-state index in [0.29, 0.717) is 24.7 Å². The average Bonchev–Trinajstić information content (AvgIpc) is 3.26. The first-order valence-electron chi connectivity index (χ1n) is 10.3. The van der Waals surface area contributed by atoms with Crippen molar-refractivity contribution >= 4 is 11.9 Å². The van der Waals surface area contributed by atoms with Crippen LogP contribution in [0.2, 0.25) is 0 Å². The van der Waals surface area contributed by atoms with E-state index in [1.165, 1.54) is 22.4 Å². The van der Waals surface area contributed by atoms with Crippen LogP contribution in [0, 0.1) is 0 Å². The maximum atomic E-state index is 13.1. The lowest BCUT2D eigenvalue weighted by molar-refractivity contribution is -0.154. The quantitative estimate of drug-likeness (QED) is 0.591. The van der Waals surface area contributed by atoms with E-state index in [1.54, 1.807) is 0 Å². The molecule has 0 N–H and O–H groups in total. The summed E-state index contributed by atoms with van der Waals surface area (Å²) < 4.78 is 4.94. The zero-order chi connectivity index (χ0) is 22.0. The number of amides is 1. The molecule has 0 unspecified atom stereocenters. The van der Waals surface area contributed by atoms with E-state index in [2.05, 4.69) is 29.3 Å². The third-order valence-corrected chi connectivity index (χ3v) is 5.61. The van der Waals surface area contributed by atoms with Crippen LogP contribution in [0.15, 0.2) is 48.5 Å². The Kier molecular flexibility index (Phi) is 5.79. The summed E-state index contributed by atoms with van der Waals surface area (Å²) in [7, 11) is 1.33. The first-order chi connectivity index (χ1) is 15.0. The Balaban J connectivity index is 1.51. The van der Waals surface area contributed by atoms with Crippen LogP contribution in [0.3, 0.4) is 0 Å².